The zero-order valence-corrected chi connectivity index (χ0v) is 9.12. The van der Waals surface area contributed by atoms with Crippen molar-refractivity contribution in [2.24, 2.45) is 5.92 Å². The number of hydrogen-bond donors (Lipinski definition) is 0. The summed E-state index contributed by atoms with van der Waals surface area (Å²) in [5.74, 6) is 0.149. The fourth-order valence-electron chi connectivity index (χ4n) is 1.68. The van der Waals surface area contributed by atoms with Crippen LogP contribution in [0.4, 0.5) is 0 Å². The summed E-state index contributed by atoms with van der Waals surface area (Å²) >= 11 is 0. The molecule has 0 radical (unpaired) electrons. The molecule has 0 heterocycles. The average Bonchev–Trinajstić information content (AvgIpc) is 2.15. The van der Waals surface area contributed by atoms with Crippen LogP contribution in [-0.2, 0) is 9.53 Å². The smallest absolute Gasteiger partial charge is 0.303 e. The van der Waals surface area contributed by atoms with Crippen LogP contribution in [0.3, 0.4) is 0 Å². The number of hydrogen-bond acceptors (Lipinski definition) is 2. The Morgan fingerprint density at radius 1 is 1.50 bits per heavy atom. The Labute approximate surface area is 85.6 Å². The van der Waals surface area contributed by atoms with Crippen LogP contribution in [0.2, 0.25) is 0 Å². The lowest BCUT2D eigenvalue weighted by Gasteiger charge is -2.24. The number of ether oxygens (including phenoxy) is 1. The van der Waals surface area contributed by atoms with Gasteiger partial charge in [0.2, 0.25) is 0 Å². The fraction of sp³-hybridized carbons (Fsp3) is 0.583. The first-order valence-electron chi connectivity index (χ1n) is 5.14. The van der Waals surface area contributed by atoms with E-state index < -0.39 is 0 Å². The van der Waals surface area contributed by atoms with Gasteiger partial charge in [0.05, 0.1) is 0 Å². The normalized spacial score (nSPS) is 17.9. The van der Waals surface area contributed by atoms with Crippen LogP contribution in [0.15, 0.2) is 23.8 Å². The fourth-order valence-corrected chi connectivity index (χ4v) is 1.68. The Morgan fingerprint density at radius 3 is 2.64 bits per heavy atom. The van der Waals surface area contributed by atoms with Crippen molar-refractivity contribution < 1.29 is 9.53 Å². The van der Waals surface area contributed by atoms with Gasteiger partial charge in [0.25, 0.3) is 0 Å². The van der Waals surface area contributed by atoms with Gasteiger partial charge < -0.3 is 4.74 Å². The van der Waals surface area contributed by atoms with E-state index in [1.54, 1.807) is 0 Å². The van der Waals surface area contributed by atoms with Crippen molar-refractivity contribution in [1.29, 1.82) is 0 Å². The van der Waals surface area contributed by atoms with Crippen LogP contribution in [-0.4, -0.2) is 12.1 Å². The predicted molar refractivity (Wildman–Crippen MR) is 56.8 cm³/mol. The molecule has 0 saturated heterocycles. The second-order valence-electron chi connectivity index (χ2n) is 3.98. The first kappa shape index (κ1) is 11.0. The zero-order chi connectivity index (χ0) is 10.6. The Hall–Kier alpha value is -1.05. The summed E-state index contributed by atoms with van der Waals surface area (Å²) < 4.78 is 5.31. The minimum absolute atomic E-state index is 0.0440. The Morgan fingerprint density at radius 2 is 2.21 bits per heavy atom. The molecule has 1 unspecified atom stereocenters. The molecule has 1 rings (SSSR count). The molecule has 0 aliphatic heterocycles. The van der Waals surface area contributed by atoms with Gasteiger partial charge in [0.1, 0.15) is 6.10 Å². The van der Waals surface area contributed by atoms with Crippen molar-refractivity contribution in [3.8, 4) is 0 Å². The van der Waals surface area contributed by atoms with Crippen molar-refractivity contribution in [3.63, 3.8) is 0 Å². The third-order valence-electron chi connectivity index (χ3n) is 2.31. The van der Waals surface area contributed by atoms with Gasteiger partial charge in [-0.15, -0.1) is 0 Å². The molecule has 14 heavy (non-hydrogen) atoms. The molecule has 0 aromatic heterocycles. The molecule has 1 aliphatic carbocycles. The summed E-state index contributed by atoms with van der Waals surface area (Å²) in [7, 11) is 0. The van der Waals surface area contributed by atoms with E-state index >= 15 is 0 Å². The number of esters is 1. The van der Waals surface area contributed by atoms with Crippen LogP contribution < -0.4 is 0 Å². The number of allylic oxidation sites excluding steroid dienone is 3. The summed E-state index contributed by atoms with van der Waals surface area (Å²) in [5, 5.41) is 0. The summed E-state index contributed by atoms with van der Waals surface area (Å²) in [5.41, 5.74) is 1.23. The van der Waals surface area contributed by atoms with Crippen LogP contribution in [0, 0.1) is 5.92 Å². The summed E-state index contributed by atoms with van der Waals surface area (Å²) in [6.07, 6.45) is 8.25. The highest BCUT2D eigenvalue weighted by atomic mass is 16.5. The molecule has 2 nitrogen and oxygen atoms in total. The number of rotatable bonds is 3. The standard InChI is InChI=1S/C12H18O2/c1-9(2)12(14-10(3)13)11-7-5-4-6-8-11/h4-5,7,9,12H,6,8H2,1-3H3. The largest absolute Gasteiger partial charge is 0.458 e. The van der Waals surface area contributed by atoms with E-state index in [9.17, 15) is 4.79 Å². The van der Waals surface area contributed by atoms with Gasteiger partial charge in [-0.1, -0.05) is 32.1 Å². The monoisotopic (exact) mass is 194 g/mol. The molecule has 78 valence electrons. The van der Waals surface area contributed by atoms with E-state index in [0.717, 1.165) is 12.8 Å². The Balaban J connectivity index is 2.71. The van der Waals surface area contributed by atoms with E-state index in [-0.39, 0.29) is 12.1 Å². The Kier molecular flexibility index (Phi) is 3.93. The van der Waals surface area contributed by atoms with Gasteiger partial charge in [0, 0.05) is 6.92 Å². The van der Waals surface area contributed by atoms with Gasteiger partial charge in [-0.2, -0.15) is 0 Å². The highest BCUT2D eigenvalue weighted by Crippen LogP contribution is 2.23. The molecule has 1 atom stereocenters. The number of carbonyl (C=O) groups excluding carboxylic acids is 1. The van der Waals surface area contributed by atoms with E-state index in [4.69, 9.17) is 4.74 Å². The van der Waals surface area contributed by atoms with Crippen molar-refractivity contribution in [2.45, 2.75) is 39.7 Å². The summed E-state index contributed by atoms with van der Waals surface area (Å²) in [6, 6.07) is 0. The lowest BCUT2D eigenvalue weighted by atomic mass is 9.92. The topological polar surface area (TPSA) is 26.3 Å². The van der Waals surface area contributed by atoms with E-state index in [0.29, 0.717) is 5.92 Å². The lowest BCUT2D eigenvalue weighted by Crippen LogP contribution is -2.25. The maximum atomic E-state index is 10.9. The molecular weight excluding hydrogens is 176 g/mol. The molecule has 1 aliphatic rings. The van der Waals surface area contributed by atoms with Crippen molar-refractivity contribution in [1.82, 2.24) is 0 Å². The van der Waals surface area contributed by atoms with Crippen LogP contribution in [0.1, 0.15) is 33.6 Å². The third kappa shape index (κ3) is 3.02. The molecule has 0 fully saturated rings. The second-order valence-corrected chi connectivity index (χ2v) is 3.98. The van der Waals surface area contributed by atoms with Crippen LogP contribution in [0.5, 0.6) is 0 Å². The molecule has 0 amide bonds. The van der Waals surface area contributed by atoms with Crippen molar-refractivity contribution >= 4 is 5.97 Å². The summed E-state index contributed by atoms with van der Waals surface area (Å²) in [6.45, 7) is 5.62. The predicted octanol–water partition coefficient (Wildman–Crippen LogP) is 2.85. The molecule has 0 aromatic rings. The first-order chi connectivity index (χ1) is 6.61. The quantitative estimate of drug-likeness (QED) is 0.646. The SMILES string of the molecule is CC(=O)OC(C1=CC=CCC1)C(C)C. The van der Waals surface area contributed by atoms with Crippen LogP contribution >= 0.6 is 0 Å². The maximum Gasteiger partial charge on any atom is 0.303 e. The van der Waals surface area contributed by atoms with Gasteiger partial charge >= 0.3 is 5.97 Å². The minimum Gasteiger partial charge on any atom is -0.458 e. The molecule has 0 saturated carbocycles. The second kappa shape index (κ2) is 4.99. The molecule has 0 spiro atoms. The van der Waals surface area contributed by atoms with Crippen molar-refractivity contribution in [2.75, 3.05) is 0 Å². The third-order valence-corrected chi connectivity index (χ3v) is 2.31. The van der Waals surface area contributed by atoms with Crippen LogP contribution in [0.25, 0.3) is 0 Å². The Bertz CT molecular complexity index is 261. The lowest BCUT2D eigenvalue weighted by molar-refractivity contribution is -0.146. The van der Waals surface area contributed by atoms with Gasteiger partial charge in [-0.3, -0.25) is 4.79 Å². The first-order valence-corrected chi connectivity index (χ1v) is 5.14. The highest BCUT2D eigenvalue weighted by molar-refractivity contribution is 5.66. The molecule has 0 bridgehead atoms. The zero-order valence-electron chi connectivity index (χ0n) is 9.12. The molecule has 0 aromatic carbocycles. The molecule has 2 heteroatoms. The van der Waals surface area contributed by atoms with E-state index in [1.165, 1.54) is 12.5 Å². The van der Waals surface area contributed by atoms with Gasteiger partial charge in [0.15, 0.2) is 0 Å². The minimum atomic E-state index is -0.195. The molecular formula is C12H18O2. The molecule has 0 N–H and O–H groups in total. The van der Waals surface area contributed by atoms with Crippen molar-refractivity contribution in [3.05, 3.63) is 23.8 Å². The maximum absolute atomic E-state index is 10.9. The number of carbonyl (C=O) groups is 1. The van der Waals surface area contributed by atoms with E-state index in [2.05, 4.69) is 26.0 Å². The summed E-state index contributed by atoms with van der Waals surface area (Å²) in [4.78, 5) is 10.9. The van der Waals surface area contributed by atoms with Gasteiger partial charge in [-0.05, 0) is 24.3 Å². The van der Waals surface area contributed by atoms with Gasteiger partial charge in [-0.25, -0.2) is 0 Å². The highest BCUT2D eigenvalue weighted by Gasteiger charge is 2.21. The van der Waals surface area contributed by atoms with E-state index in [1.807, 2.05) is 6.08 Å². The average molecular weight is 194 g/mol.